The third-order valence-corrected chi connectivity index (χ3v) is 4.22. The van der Waals surface area contributed by atoms with Crippen molar-refractivity contribution in [3.63, 3.8) is 0 Å². The van der Waals surface area contributed by atoms with Gasteiger partial charge in [-0.15, -0.1) is 0 Å². The lowest BCUT2D eigenvalue weighted by Gasteiger charge is -2.30. The molecule has 2 heteroatoms. The van der Waals surface area contributed by atoms with Gasteiger partial charge in [-0.3, -0.25) is 4.90 Å². The third kappa shape index (κ3) is 2.86. The number of nitrogens with zero attached hydrogens (tertiary/aromatic N) is 1. The molecule has 0 amide bonds. The Morgan fingerprint density at radius 3 is 2.62 bits per heavy atom. The Balaban J connectivity index is 2.08. The van der Waals surface area contributed by atoms with Crippen LogP contribution < -0.4 is 0 Å². The highest BCUT2D eigenvalue weighted by Gasteiger charge is 2.18. The Hall–Kier alpha value is -0.340. The lowest BCUT2D eigenvalue weighted by Crippen LogP contribution is -2.35. The van der Waals surface area contributed by atoms with Gasteiger partial charge in [0.05, 0.1) is 0 Å². The van der Waals surface area contributed by atoms with Gasteiger partial charge in [-0.05, 0) is 49.9 Å². The van der Waals surface area contributed by atoms with Gasteiger partial charge in [-0.25, -0.2) is 0 Å². The van der Waals surface area contributed by atoms with Crippen molar-refractivity contribution in [1.29, 1.82) is 0 Å². The number of rotatable bonds is 2. The molecule has 1 fully saturated rings. The highest BCUT2D eigenvalue weighted by molar-refractivity contribution is 9.09. The fourth-order valence-corrected chi connectivity index (χ4v) is 3.20. The number of piperidine rings is 1. The fraction of sp³-hybridized carbons (Fsp3) is 0.571. The molecule has 1 aliphatic heterocycles. The van der Waals surface area contributed by atoms with E-state index in [9.17, 15) is 0 Å². The van der Waals surface area contributed by atoms with Crippen LogP contribution in [0.25, 0.3) is 0 Å². The number of benzene rings is 1. The highest BCUT2D eigenvalue weighted by atomic mass is 79.9. The van der Waals surface area contributed by atoms with E-state index < -0.39 is 0 Å². The highest BCUT2D eigenvalue weighted by Crippen LogP contribution is 2.21. The van der Waals surface area contributed by atoms with E-state index in [0.29, 0.717) is 4.83 Å². The van der Waals surface area contributed by atoms with Crippen molar-refractivity contribution in [2.45, 2.75) is 38.1 Å². The first kappa shape index (κ1) is 12.1. The smallest absolute Gasteiger partial charge is 0.0273 e. The van der Waals surface area contributed by atoms with Crippen molar-refractivity contribution in [3.8, 4) is 0 Å². The summed E-state index contributed by atoms with van der Waals surface area (Å²) in [4.78, 5) is 3.25. The summed E-state index contributed by atoms with van der Waals surface area (Å²) in [6.45, 7) is 7.99. The maximum Gasteiger partial charge on any atom is 0.0273 e. The van der Waals surface area contributed by atoms with E-state index in [2.05, 4.69) is 52.9 Å². The number of halogens is 1. The van der Waals surface area contributed by atoms with E-state index >= 15 is 0 Å². The van der Waals surface area contributed by atoms with Gasteiger partial charge in [0.1, 0.15) is 0 Å². The van der Waals surface area contributed by atoms with Crippen molar-refractivity contribution in [1.82, 2.24) is 4.90 Å². The van der Waals surface area contributed by atoms with Crippen LogP contribution in [-0.4, -0.2) is 22.8 Å². The quantitative estimate of drug-likeness (QED) is 0.748. The molecule has 2 rings (SSSR count). The van der Waals surface area contributed by atoms with Gasteiger partial charge in [0.15, 0.2) is 0 Å². The molecule has 0 aromatic heterocycles. The van der Waals surface area contributed by atoms with E-state index in [1.54, 1.807) is 0 Å². The summed E-state index contributed by atoms with van der Waals surface area (Å²) in [6, 6.07) is 6.59. The zero-order chi connectivity index (χ0) is 11.5. The lowest BCUT2D eigenvalue weighted by atomic mass is 10.0. The van der Waals surface area contributed by atoms with Crippen molar-refractivity contribution in [2.75, 3.05) is 13.1 Å². The molecule has 0 radical (unpaired) electrons. The van der Waals surface area contributed by atoms with Crippen molar-refractivity contribution >= 4 is 15.9 Å². The molecule has 0 saturated carbocycles. The maximum absolute atomic E-state index is 3.74. The minimum atomic E-state index is 0.686. The Morgan fingerprint density at radius 1 is 1.31 bits per heavy atom. The average Bonchev–Trinajstić information content (AvgIpc) is 2.24. The van der Waals surface area contributed by atoms with Gasteiger partial charge in [-0.1, -0.05) is 34.1 Å². The largest absolute Gasteiger partial charge is 0.298 e. The summed E-state index contributed by atoms with van der Waals surface area (Å²) in [5, 5.41) is 0. The minimum absolute atomic E-state index is 0.686. The van der Waals surface area contributed by atoms with E-state index in [4.69, 9.17) is 0 Å². The molecule has 0 aliphatic carbocycles. The molecule has 0 N–H and O–H groups in total. The fourth-order valence-electron chi connectivity index (χ4n) is 2.46. The summed E-state index contributed by atoms with van der Waals surface area (Å²) in [5.41, 5.74) is 4.37. The summed E-state index contributed by atoms with van der Waals surface area (Å²) >= 11 is 3.74. The van der Waals surface area contributed by atoms with Crippen LogP contribution in [0.1, 0.15) is 29.5 Å². The molecule has 1 aromatic rings. The summed E-state index contributed by atoms with van der Waals surface area (Å²) in [7, 11) is 0. The number of hydrogen-bond acceptors (Lipinski definition) is 1. The normalized spacial score (nSPS) is 22.3. The molecule has 0 spiro atoms. The molecule has 1 aliphatic rings. The number of alkyl halides is 1. The molecule has 1 nitrogen and oxygen atoms in total. The van der Waals surface area contributed by atoms with Crippen LogP contribution in [0.4, 0.5) is 0 Å². The van der Waals surface area contributed by atoms with Crippen LogP contribution in [0.5, 0.6) is 0 Å². The molecule has 16 heavy (non-hydrogen) atoms. The molecule has 1 unspecified atom stereocenters. The number of aryl methyl sites for hydroxylation is 2. The number of likely N-dealkylation sites (tertiary alicyclic amines) is 1. The molecular formula is C14H20BrN. The first-order chi connectivity index (χ1) is 7.66. The van der Waals surface area contributed by atoms with E-state index in [-0.39, 0.29) is 0 Å². The SMILES string of the molecule is Cc1cccc(C)c1CN1CCCC(Br)C1. The number of hydrogen-bond donors (Lipinski definition) is 0. The molecule has 1 saturated heterocycles. The zero-order valence-corrected chi connectivity index (χ0v) is 11.8. The van der Waals surface area contributed by atoms with E-state index in [1.807, 2.05) is 0 Å². The summed E-state index contributed by atoms with van der Waals surface area (Å²) in [5.74, 6) is 0. The Morgan fingerprint density at radius 2 is 2.00 bits per heavy atom. The predicted octanol–water partition coefficient (Wildman–Crippen LogP) is 3.66. The Kier molecular flexibility index (Phi) is 4.04. The molecular weight excluding hydrogens is 262 g/mol. The lowest BCUT2D eigenvalue weighted by molar-refractivity contribution is 0.227. The van der Waals surface area contributed by atoms with Gasteiger partial charge in [0.2, 0.25) is 0 Å². The van der Waals surface area contributed by atoms with Crippen LogP contribution in [0, 0.1) is 13.8 Å². The molecule has 1 atom stereocenters. The molecule has 0 bridgehead atoms. The first-order valence-corrected chi connectivity index (χ1v) is 7.00. The van der Waals surface area contributed by atoms with Crippen LogP contribution in [0.3, 0.4) is 0 Å². The maximum atomic E-state index is 3.74. The second-order valence-corrected chi connectivity index (χ2v) is 6.14. The Labute approximate surface area is 107 Å². The van der Waals surface area contributed by atoms with Crippen LogP contribution in [-0.2, 0) is 6.54 Å². The van der Waals surface area contributed by atoms with Crippen LogP contribution in [0.2, 0.25) is 0 Å². The van der Waals surface area contributed by atoms with E-state index in [1.165, 1.54) is 42.6 Å². The third-order valence-electron chi connectivity index (χ3n) is 3.47. The van der Waals surface area contributed by atoms with Gasteiger partial charge in [0.25, 0.3) is 0 Å². The van der Waals surface area contributed by atoms with E-state index in [0.717, 1.165) is 6.54 Å². The standard InChI is InChI=1S/C14H20BrN/c1-11-5-3-6-12(2)14(11)10-16-8-4-7-13(15)9-16/h3,5-6,13H,4,7-10H2,1-2H3. The average molecular weight is 282 g/mol. The topological polar surface area (TPSA) is 3.24 Å². The summed E-state index contributed by atoms with van der Waals surface area (Å²) in [6.07, 6.45) is 2.64. The van der Waals surface area contributed by atoms with Gasteiger partial charge >= 0.3 is 0 Å². The van der Waals surface area contributed by atoms with Crippen LogP contribution >= 0.6 is 15.9 Å². The van der Waals surface area contributed by atoms with Crippen molar-refractivity contribution in [3.05, 3.63) is 34.9 Å². The second-order valence-electron chi connectivity index (χ2n) is 4.84. The molecule has 1 heterocycles. The predicted molar refractivity (Wildman–Crippen MR) is 73.1 cm³/mol. The second kappa shape index (κ2) is 5.33. The van der Waals surface area contributed by atoms with Gasteiger partial charge < -0.3 is 0 Å². The molecule has 88 valence electrons. The van der Waals surface area contributed by atoms with Crippen molar-refractivity contribution < 1.29 is 0 Å². The minimum Gasteiger partial charge on any atom is -0.298 e. The zero-order valence-electron chi connectivity index (χ0n) is 10.2. The summed E-state index contributed by atoms with van der Waals surface area (Å²) < 4.78 is 0. The van der Waals surface area contributed by atoms with Crippen molar-refractivity contribution in [2.24, 2.45) is 0 Å². The van der Waals surface area contributed by atoms with Crippen LogP contribution in [0.15, 0.2) is 18.2 Å². The first-order valence-electron chi connectivity index (χ1n) is 6.08. The monoisotopic (exact) mass is 281 g/mol. The molecule has 1 aromatic carbocycles. The Bertz CT molecular complexity index is 342. The van der Waals surface area contributed by atoms with Gasteiger partial charge in [-0.2, -0.15) is 0 Å². The van der Waals surface area contributed by atoms with Gasteiger partial charge in [0, 0.05) is 17.9 Å².